The summed E-state index contributed by atoms with van der Waals surface area (Å²) in [6, 6.07) is 41.0. The average molecular weight is 1100 g/mol. The molecule has 73 heavy (non-hydrogen) atoms. The van der Waals surface area contributed by atoms with Crippen molar-refractivity contribution in [3.63, 3.8) is 0 Å². The van der Waals surface area contributed by atoms with Gasteiger partial charge in [-0.25, -0.2) is 9.97 Å². The predicted molar refractivity (Wildman–Crippen MR) is 274 cm³/mol. The SMILES string of the molecule is Cc1cc(-c2ccccc2)c2cc(S(=O)(=O)O)c3c(-c4ccccc4)c(S(=O)(=O)O)c(C)nc3c2n1.Cc1cc(-c2ccccc2)c2cc(S(=O)(=O)O)c3c(-c4ccccc4)c(S(=O)(=O)O)c(C)nc3c2n1.[Cu]. The minimum atomic E-state index is -4.88. The van der Waals surface area contributed by atoms with E-state index in [2.05, 4.69) is 19.9 Å². The first kappa shape index (κ1) is 52.4. The molecule has 0 aliphatic carbocycles. The second-order valence-electron chi connectivity index (χ2n) is 16.8. The Balaban J connectivity index is 0.000000192. The molecule has 4 aromatic heterocycles. The second kappa shape index (κ2) is 19.5. The molecule has 0 aliphatic heterocycles. The molecule has 4 N–H and O–H groups in total. The molecule has 375 valence electrons. The molecule has 4 heterocycles. The van der Waals surface area contributed by atoms with Crippen LogP contribution in [0, 0.1) is 27.7 Å². The van der Waals surface area contributed by atoms with E-state index in [0.717, 1.165) is 11.1 Å². The zero-order valence-corrected chi connectivity index (χ0v) is 42.8. The molecule has 0 saturated heterocycles. The first-order valence-electron chi connectivity index (χ1n) is 21.6. The first-order chi connectivity index (χ1) is 33.9. The van der Waals surface area contributed by atoms with Crippen LogP contribution in [0.25, 0.3) is 88.1 Å². The molecule has 0 saturated carbocycles. The molecule has 1 radical (unpaired) electrons. The van der Waals surface area contributed by atoms with Gasteiger partial charge in [0.1, 0.15) is 19.6 Å². The summed E-state index contributed by atoms with van der Waals surface area (Å²) in [6.07, 6.45) is 0. The molecule has 0 fully saturated rings. The quantitative estimate of drug-likeness (QED) is 0.0626. The third-order valence-electron chi connectivity index (χ3n) is 11.9. The van der Waals surface area contributed by atoms with Gasteiger partial charge in [-0.1, -0.05) is 121 Å². The van der Waals surface area contributed by atoms with Gasteiger partial charge in [-0.3, -0.25) is 28.2 Å². The monoisotopic (exact) mass is 1100 g/mol. The summed E-state index contributed by atoms with van der Waals surface area (Å²) < 4.78 is 142. The molecular formula is C52H40CuN4O12S4. The maximum absolute atomic E-state index is 12.7. The van der Waals surface area contributed by atoms with Crippen molar-refractivity contribution in [3.8, 4) is 44.5 Å². The molecule has 0 aliphatic rings. The van der Waals surface area contributed by atoms with E-state index in [-0.39, 0.29) is 61.4 Å². The van der Waals surface area contributed by atoms with Crippen LogP contribution in [0.1, 0.15) is 22.8 Å². The topological polar surface area (TPSA) is 269 Å². The summed E-state index contributed by atoms with van der Waals surface area (Å²) in [7, 11) is -19.4. The summed E-state index contributed by atoms with van der Waals surface area (Å²) in [5.74, 6) is 0. The summed E-state index contributed by atoms with van der Waals surface area (Å²) >= 11 is 0. The Morgan fingerprint density at radius 2 is 0.644 bits per heavy atom. The Bertz CT molecular complexity index is 4070. The fraction of sp³-hybridized carbons (Fsp3) is 0.0769. The zero-order chi connectivity index (χ0) is 51.7. The molecule has 0 spiro atoms. The maximum Gasteiger partial charge on any atom is 0.296 e. The van der Waals surface area contributed by atoms with Crippen molar-refractivity contribution >= 4 is 84.1 Å². The zero-order valence-electron chi connectivity index (χ0n) is 38.6. The number of aryl methyl sites for hydroxylation is 4. The molecule has 6 aromatic carbocycles. The molecule has 10 rings (SSSR count). The van der Waals surface area contributed by atoms with Gasteiger partial charge in [-0.05, 0) is 85.3 Å². The standard InChI is InChI=1S/2C26H20N2O6S2.Cu/c2*1-15-13-19(17-9-5-3-6-10-17)20-14-21(35(29,30)31)23-22(18-11-7-4-8-12-18)26(36(32,33)34)16(2)28-25(23)24(20)27-15;/h2*3-14H,1-2H3,(H,29,30,31)(H,32,33,34);. The van der Waals surface area contributed by atoms with Gasteiger partial charge in [0, 0.05) is 61.1 Å². The molecular weight excluding hydrogens is 1060 g/mol. The molecule has 21 heteroatoms. The molecule has 0 bridgehead atoms. The maximum atomic E-state index is 12.7. The Hall–Kier alpha value is -6.88. The smallest absolute Gasteiger partial charge is 0.282 e. The normalized spacial score (nSPS) is 12.2. The van der Waals surface area contributed by atoms with E-state index in [0.29, 0.717) is 55.4 Å². The third kappa shape index (κ3) is 9.99. The molecule has 10 aromatic rings. The summed E-state index contributed by atoms with van der Waals surface area (Å²) in [4.78, 5) is 16.0. The van der Waals surface area contributed by atoms with Gasteiger partial charge in [0.2, 0.25) is 0 Å². The van der Waals surface area contributed by atoms with E-state index in [1.54, 1.807) is 86.6 Å². The van der Waals surface area contributed by atoms with Crippen molar-refractivity contribution in [3.05, 3.63) is 168 Å². The Kier molecular flexibility index (Phi) is 14.0. The van der Waals surface area contributed by atoms with Gasteiger partial charge in [0.15, 0.2) is 0 Å². The van der Waals surface area contributed by atoms with Crippen molar-refractivity contribution in [1.29, 1.82) is 0 Å². The number of pyridine rings is 4. The van der Waals surface area contributed by atoms with Crippen LogP contribution in [0.4, 0.5) is 0 Å². The summed E-state index contributed by atoms with van der Waals surface area (Å²) in [6.45, 7) is 6.39. The number of rotatable bonds is 8. The van der Waals surface area contributed by atoms with Crippen molar-refractivity contribution in [1.82, 2.24) is 19.9 Å². The van der Waals surface area contributed by atoms with E-state index in [9.17, 15) is 51.9 Å². The molecule has 0 amide bonds. The largest absolute Gasteiger partial charge is 0.296 e. The van der Waals surface area contributed by atoms with Crippen molar-refractivity contribution in [2.75, 3.05) is 0 Å². The van der Waals surface area contributed by atoms with Gasteiger partial charge in [-0.2, -0.15) is 33.7 Å². The van der Waals surface area contributed by atoms with Crippen molar-refractivity contribution in [2.45, 2.75) is 47.3 Å². The summed E-state index contributed by atoms with van der Waals surface area (Å²) in [5.41, 5.74) is 5.42. The number of fused-ring (bicyclic) bond motifs is 6. The minimum Gasteiger partial charge on any atom is -0.282 e. The van der Waals surface area contributed by atoms with Crippen LogP contribution < -0.4 is 0 Å². The predicted octanol–water partition coefficient (Wildman–Crippen LogP) is 10.5. The Labute approximate surface area is 430 Å². The van der Waals surface area contributed by atoms with E-state index in [1.165, 1.54) is 26.0 Å². The molecule has 0 unspecified atom stereocenters. The average Bonchev–Trinajstić information content (AvgIpc) is 3.32. The van der Waals surface area contributed by atoms with Gasteiger partial charge >= 0.3 is 0 Å². The fourth-order valence-electron chi connectivity index (χ4n) is 9.13. The first-order valence-corrected chi connectivity index (χ1v) is 27.4. The van der Waals surface area contributed by atoms with Crippen LogP contribution >= 0.6 is 0 Å². The van der Waals surface area contributed by atoms with Crippen molar-refractivity contribution in [2.24, 2.45) is 0 Å². The van der Waals surface area contributed by atoms with Crippen LogP contribution in [-0.2, 0) is 57.5 Å². The van der Waals surface area contributed by atoms with Crippen LogP contribution in [0.5, 0.6) is 0 Å². The number of nitrogens with zero attached hydrogens (tertiary/aromatic N) is 4. The van der Waals surface area contributed by atoms with E-state index < -0.39 is 60.1 Å². The summed E-state index contributed by atoms with van der Waals surface area (Å²) in [5, 5.41) is 0.535. The van der Waals surface area contributed by atoms with Crippen molar-refractivity contribution < 1.29 is 69.0 Å². The fourth-order valence-corrected chi connectivity index (χ4v) is 12.4. The number of hydrogen-bond acceptors (Lipinski definition) is 12. The van der Waals surface area contributed by atoms with Crippen LogP contribution in [0.15, 0.2) is 165 Å². The minimum absolute atomic E-state index is 0. The van der Waals surface area contributed by atoms with Gasteiger partial charge < -0.3 is 0 Å². The van der Waals surface area contributed by atoms with Gasteiger partial charge in [0.05, 0.1) is 33.5 Å². The molecule has 0 atom stereocenters. The van der Waals surface area contributed by atoms with Gasteiger partial charge in [0.25, 0.3) is 40.5 Å². The van der Waals surface area contributed by atoms with E-state index >= 15 is 0 Å². The Morgan fingerprint density at radius 3 is 0.918 bits per heavy atom. The second-order valence-corrected chi connectivity index (χ2v) is 22.3. The number of benzene rings is 6. The van der Waals surface area contributed by atoms with E-state index in [4.69, 9.17) is 0 Å². The molecule has 16 nitrogen and oxygen atoms in total. The number of hydrogen-bond donors (Lipinski definition) is 4. The van der Waals surface area contributed by atoms with E-state index in [1.807, 2.05) is 60.7 Å². The van der Waals surface area contributed by atoms with Gasteiger partial charge in [-0.15, -0.1) is 0 Å². The van der Waals surface area contributed by atoms with Crippen LogP contribution in [-0.4, -0.2) is 71.8 Å². The van der Waals surface area contributed by atoms with Crippen LogP contribution in [0.2, 0.25) is 0 Å². The number of aromatic nitrogens is 4. The van der Waals surface area contributed by atoms with Crippen LogP contribution in [0.3, 0.4) is 0 Å². The third-order valence-corrected chi connectivity index (χ3v) is 15.7. The Morgan fingerprint density at radius 1 is 0.356 bits per heavy atom.